The molecule has 1 N–H and O–H groups in total. The van der Waals surface area contributed by atoms with Gasteiger partial charge in [0.15, 0.2) is 5.69 Å². The fourth-order valence-electron chi connectivity index (χ4n) is 3.45. The molecule has 7 nitrogen and oxygen atoms in total. The van der Waals surface area contributed by atoms with Gasteiger partial charge in [-0.25, -0.2) is 18.1 Å². The predicted octanol–water partition coefficient (Wildman–Crippen LogP) is 3.57. The minimum Gasteiger partial charge on any atom is -0.495 e. The van der Waals surface area contributed by atoms with Gasteiger partial charge in [-0.05, 0) is 25.0 Å². The molecule has 0 radical (unpaired) electrons. The van der Waals surface area contributed by atoms with Crippen molar-refractivity contribution in [1.29, 1.82) is 0 Å². The van der Waals surface area contributed by atoms with E-state index in [-0.39, 0.29) is 28.6 Å². The summed E-state index contributed by atoms with van der Waals surface area (Å²) in [4.78, 5) is 15.9. The number of hydrogen-bond donors (Lipinski definition) is 1. The topological polar surface area (TPSA) is 90.3 Å². The van der Waals surface area contributed by atoms with E-state index in [1.54, 1.807) is 6.07 Å². The van der Waals surface area contributed by atoms with Gasteiger partial charge in [-0.2, -0.15) is 13.2 Å². The molecule has 0 aliphatic heterocycles. The summed E-state index contributed by atoms with van der Waals surface area (Å²) in [5.41, 5.74) is -0.474. The van der Waals surface area contributed by atoms with Crippen LogP contribution in [0.25, 0.3) is 0 Å². The number of para-hydroxylation sites is 1. The zero-order valence-corrected chi connectivity index (χ0v) is 16.7. The maximum absolute atomic E-state index is 13.2. The van der Waals surface area contributed by atoms with E-state index in [0.29, 0.717) is 6.42 Å². The molecule has 0 spiro atoms. The molecule has 158 valence electrons. The third-order valence-corrected chi connectivity index (χ3v) is 6.54. The molecule has 1 amide bonds. The predicted molar refractivity (Wildman–Crippen MR) is 97.3 cm³/mol. The normalized spacial score (nSPS) is 19.9. The Bertz CT molecular complexity index is 1020. The molecule has 1 fully saturated rings. The quantitative estimate of drug-likeness (QED) is 0.750. The van der Waals surface area contributed by atoms with Crippen molar-refractivity contribution in [3.8, 4) is 5.75 Å². The third kappa shape index (κ3) is 4.20. The highest BCUT2D eigenvalue weighted by Crippen LogP contribution is 2.46. The van der Waals surface area contributed by atoms with Crippen LogP contribution in [0.3, 0.4) is 0 Å². The summed E-state index contributed by atoms with van der Waals surface area (Å²) in [6, 6.07) is 4.64. The Labute approximate surface area is 169 Å². The van der Waals surface area contributed by atoms with Gasteiger partial charge >= 0.3 is 6.18 Å². The summed E-state index contributed by atoms with van der Waals surface area (Å²) in [7, 11) is -3.05. The van der Waals surface area contributed by atoms with Crippen molar-refractivity contribution in [2.24, 2.45) is 5.92 Å². The van der Waals surface area contributed by atoms with Crippen molar-refractivity contribution in [2.45, 2.75) is 36.4 Å². The lowest BCUT2D eigenvalue weighted by molar-refractivity contribution is -0.181. The van der Waals surface area contributed by atoms with E-state index in [0.717, 1.165) is 10.9 Å². The van der Waals surface area contributed by atoms with Crippen molar-refractivity contribution >= 4 is 27.5 Å². The summed E-state index contributed by atoms with van der Waals surface area (Å²) in [6.45, 7) is 0. The second-order valence-corrected chi connectivity index (χ2v) is 8.53. The van der Waals surface area contributed by atoms with Crippen LogP contribution >= 0.6 is 11.6 Å². The van der Waals surface area contributed by atoms with Crippen molar-refractivity contribution < 1.29 is 31.1 Å². The average Bonchev–Trinajstić information content (AvgIpc) is 3.27. The molecule has 0 saturated heterocycles. The number of hydrogen-bond acceptors (Lipinski definition) is 5. The first-order chi connectivity index (χ1) is 13.6. The number of aromatic nitrogens is 2. The highest BCUT2D eigenvalue weighted by atomic mass is 35.5. The van der Waals surface area contributed by atoms with E-state index in [9.17, 15) is 26.4 Å². The SMILES string of the molecule is COc1ccccc1S(=O)(=O)NC(=O)c1ncn(C2CCCC2C(F)(F)F)c1Cl. The van der Waals surface area contributed by atoms with Crippen molar-refractivity contribution in [1.82, 2.24) is 14.3 Å². The van der Waals surface area contributed by atoms with E-state index in [1.165, 1.54) is 25.3 Å². The van der Waals surface area contributed by atoms with Gasteiger partial charge in [0.05, 0.1) is 19.4 Å². The van der Waals surface area contributed by atoms with Crippen molar-refractivity contribution in [2.75, 3.05) is 7.11 Å². The molecular formula is C17H17ClF3N3O4S. The van der Waals surface area contributed by atoms with Crippen LogP contribution in [0.15, 0.2) is 35.5 Å². The van der Waals surface area contributed by atoms with Crippen LogP contribution in [0.2, 0.25) is 5.15 Å². The monoisotopic (exact) mass is 451 g/mol. The lowest BCUT2D eigenvalue weighted by Gasteiger charge is -2.24. The van der Waals surface area contributed by atoms with E-state index in [1.807, 2.05) is 4.72 Å². The maximum atomic E-state index is 13.2. The first kappa shape index (κ1) is 21.4. The second kappa shape index (κ2) is 7.86. The Balaban J connectivity index is 1.86. The van der Waals surface area contributed by atoms with Gasteiger partial charge in [-0.15, -0.1) is 0 Å². The number of rotatable bonds is 5. The molecule has 1 aromatic heterocycles. The Hall–Kier alpha value is -2.27. The molecule has 2 atom stereocenters. The summed E-state index contributed by atoms with van der Waals surface area (Å²) < 4.78 is 72.6. The van der Waals surface area contributed by atoms with Crippen LogP contribution in [0, 0.1) is 5.92 Å². The fraction of sp³-hybridized carbons (Fsp3) is 0.412. The zero-order valence-electron chi connectivity index (χ0n) is 15.1. The summed E-state index contributed by atoms with van der Waals surface area (Å²) in [6.07, 6.45) is -2.85. The van der Waals surface area contributed by atoms with Crippen LogP contribution in [0.1, 0.15) is 35.8 Å². The molecule has 1 aliphatic rings. The standard InChI is InChI=1S/C17H17ClF3N3O4S/c1-28-12-7-2-3-8-13(12)29(26,27)23-16(25)14-15(18)24(9-22-14)11-6-4-5-10(11)17(19,20)21/h2-3,7-11H,4-6H2,1H3,(H,23,25). The number of carbonyl (C=O) groups excluding carboxylic acids is 1. The van der Waals surface area contributed by atoms with Crippen LogP contribution < -0.4 is 9.46 Å². The Morgan fingerprint density at radius 1 is 1.31 bits per heavy atom. The number of sulfonamides is 1. The van der Waals surface area contributed by atoms with E-state index >= 15 is 0 Å². The van der Waals surface area contributed by atoms with Gasteiger partial charge in [-0.3, -0.25) is 4.79 Å². The number of ether oxygens (including phenoxy) is 1. The maximum Gasteiger partial charge on any atom is 0.393 e. The van der Waals surface area contributed by atoms with Crippen LogP contribution in [0.5, 0.6) is 5.75 Å². The second-order valence-electron chi connectivity index (χ2n) is 6.52. The number of alkyl halides is 3. The van der Waals surface area contributed by atoms with Gasteiger partial charge in [0.2, 0.25) is 0 Å². The molecule has 1 heterocycles. The molecule has 1 aliphatic carbocycles. The first-order valence-electron chi connectivity index (χ1n) is 8.55. The van der Waals surface area contributed by atoms with E-state index in [2.05, 4.69) is 4.98 Å². The van der Waals surface area contributed by atoms with Crippen molar-refractivity contribution in [3.63, 3.8) is 0 Å². The Morgan fingerprint density at radius 3 is 2.66 bits per heavy atom. The van der Waals surface area contributed by atoms with E-state index < -0.39 is 39.8 Å². The minimum absolute atomic E-state index is 0.0170. The molecule has 1 saturated carbocycles. The smallest absolute Gasteiger partial charge is 0.393 e. The molecule has 0 bridgehead atoms. The lowest BCUT2D eigenvalue weighted by atomic mass is 10.0. The summed E-state index contributed by atoms with van der Waals surface area (Å²) in [5, 5.41) is -0.348. The molecule has 12 heteroatoms. The van der Waals surface area contributed by atoms with Crippen LogP contribution in [0.4, 0.5) is 13.2 Å². The number of amides is 1. The number of nitrogens with zero attached hydrogens (tertiary/aromatic N) is 2. The van der Waals surface area contributed by atoms with Crippen molar-refractivity contribution in [3.05, 3.63) is 41.4 Å². The number of methoxy groups -OCH3 is 1. The van der Waals surface area contributed by atoms with Crippen LogP contribution in [-0.2, 0) is 10.0 Å². The number of imidazole rings is 1. The first-order valence-corrected chi connectivity index (χ1v) is 10.4. The van der Waals surface area contributed by atoms with Gasteiger partial charge in [0.25, 0.3) is 15.9 Å². The number of benzene rings is 1. The highest BCUT2D eigenvalue weighted by molar-refractivity contribution is 7.90. The van der Waals surface area contributed by atoms with Gasteiger partial charge in [0.1, 0.15) is 15.8 Å². The minimum atomic E-state index is -4.41. The number of nitrogens with one attached hydrogen (secondary N) is 1. The Morgan fingerprint density at radius 2 is 2.00 bits per heavy atom. The highest BCUT2D eigenvalue weighted by Gasteiger charge is 2.48. The fourth-order valence-corrected chi connectivity index (χ4v) is 4.88. The molecular weight excluding hydrogens is 435 g/mol. The molecule has 2 unspecified atom stereocenters. The summed E-state index contributed by atoms with van der Waals surface area (Å²) >= 11 is 6.10. The van der Waals surface area contributed by atoms with Gasteiger partial charge < -0.3 is 9.30 Å². The Kier molecular flexibility index (Phi) is 5.81. The third-order valence-electron chi connectivity index (χ3n) is 4.79. The summed E-state index contributed by atoms with van der Waals surface area (Å²) in [5.74, 6) is -2.74. The number of halogens is 4. The average molecular weight is 452 g/mol. The molecule has 29 heavy (non-hydrogen) atoms. The van der Waals surface area contributed by atoms with Gasteiger partial charge in [0, 0.05) is 6.04 Å². The lowest BCUT2D eigenvalue weighted by Crippen LogP contribution is -2.31. The van der Waals surface area contributed by atoms with Gasteiger partial charge in [-0.1, -0.05) is 30.2 Å². The van der Waals surface area contributed by atoms with Crippen LogP contribution in [-0.4, -0.2) is 37.2 Å². The molecule has 1 aromatic carbocycles. The molecule has 3 rings (SSSR count). The molecule has 2 aromatic rings. The van der Waals surface area contributed by atoms with E-state index in [4.69, 9.17) is 16.3 Å². The number of carbonyl (C=O) groups is 1. The zero-order chi connectivity index (χ0) is 21.4. The largest absolute Gasteiger partial charge is 0.495 e.